The molecular weight excluding hydrogens is 296 g/mol. The molecule has 0 fully saturated rings. The van der Waals surface area contributed by atoms with Crippen molar-refractivity contribution in [2.24, 2.45) is 0 Å². The van der Waals surface area contributed by atoms with Crippen molar-refractivity contribution in [3.63, 3.8) is 0 Å². The fraction of sp³-hybridized carbons (Fsp3) is 0. The molecule has 0 aliphatic rings. The average molecular weight is 310 g/mol. The first-order valence-corrected chi connectivity index (χ1v) is 7.94. The highest BCUT2D eigenvalue weighted by Gasteiger charge is 2.16. The molecule has 0 aliphatic carbocycles. The molecule has 0 bridgehead atoms. The minimum atomic E-state index is 0.249. The summed E-state index contributed by atoms with van der Waals surface area (Å²) in [6, 6.07) is 26.1. The summed E-state index contributed by atoms with van der Waals surface area (Å²) in [5, 5.41) is 14.4. The van der Waals surface area contributed by atoms with Crippen LogP contribution in [0.4, 0.5) is 0 Å². The summed E-state index contributed by atoms with van der Waals surface area (Å²) < 4.78 is 6.17. The van der Waals surface area contributed by atoms with E-state index in [0.29, 0.717) is 0 Å². The first-order valence-electron chi connectivity index (χ1n) is 7.94. The highest BCUT2D eigenvalue weighted by Crippen LogP contribution is 2.41. The smallest absolute Gasteiger partial charge is 0.146 e. The van der Waals surface area contributed by atoms with Crippen molar-refractivity contribution in [2.45, 2.75) is 0 Å². The third kappa shape index (κ3) is 1.83. The zero-order chi connectivity index (χ0) is 16.1. The van der Waals surface area contributed by atoms with E-state index in [2.05, 4.69) is 30.3 Å². The second-order valence-corrected chi connectivity index (χ2v) is 6.00. The largest absolute Gasteiger partial charge is 0.507 e. The second-order valence-electron chi connectivity index (χ2n) is 6.00. The molecule has 0 atom stereocenters. The number of furan rings is 1. The van der Waals surface area contributed by atoms with Crippen LogP contribution in [0.25, 0.3) is 43.8 Å². The normalized spacial score (nSPS) is 11.5. The summed E-state index contributed by atoms with van der Waals surface area (Å²) in [4.78, 5) is 0. The van der Waals surface area contributed by atoms with E-state index in [-0.39, 0.29) is 5.75 Å². The fourth-order valence-corrected chi connectivity index (χ4v) is 3.39. The van der Waals surface area contributed by atoms with Crippen molar-refractivity contribution in [1.29, 1.82) is 0 Å². The molecule has 0 saturated heterocycles. The van der Waals surface area contributed by atoms with Gasteiger partial charge in [0, 0.05) is 10.9 Å². The molecule has 1 N–H and O–H groups in total. The van der Waals surface area contributed by atoms with Gasteiger partial charge in [-0.2, -0.15) is 0 Å². The number of aromatic hydroxyl groups is 1. The molecule has 0 unspecified atom stereocenters. The van der Waals surface area contributed by atoms with Crippen LogP contribution in [0.3, 0.4) is 0 Å². The first-order chi connectivity index (χ1) is 11.8. The molecule has 1 heterocycles. The minimum Gasteiger partial charge on any atom is -0.507 e. The van der Waals surface area contributed by atoms with Gasteiger partial charge in [-0.15, -0.1) is 0 Å². The Morgan fingerprint density at radius 3 is 2.21 bits per heavy atom. The van der Waals surface area contributed by atoms with Gasteiger partial charge >= 0.3 is 0 Å². The van der Waals surface area contributed by atoms with Crippen LogP contribution in [-0.2, 0) is 0 Å². The van der Waals surface area contributed by atoms with Crippen molar-refractivity contribution in [3.8, 4) is 16.9 Å². The lowest BCUT2D eigenvalue weighted by molar-refractivity contribution is 0.481. The maximum Gasteiger partial charge on any atom is 0.146 e. The van der Waals surface area contributed by atoms with Crippen LogP contribution < -0.4 is 0 Å². The Hall–Kier alpha value is -3.26. The average Bonchev–Trinajstić information content (AvgIpc) is 3.00. The van der Waals surface area contributed by atoms with Crippen LogP contribution in [0.2, 0.25) is 0 Å². The number of hydrogen-bond donors (Lipinski definition) is 1. The number of hydrogen-bond acceptors (Lipinski definition) is 2. The lowest BCUT2D eigenvalue weighted by atomic mass is 10.0. The van der Waals surface area contributed by atoms with E-state index in [4.69, 9.17) is 4.42 Å². The monoisotopic (exact) mass is 310 g/mol. The van der Waals surface area contributed by atoms with Crippen LogP contribution >= 0.6 is 0 Å². The number of phenolic OH excluding ortho intramolecular Hbond substituents is 1. The fourth-order valence-electron chi connectivity index (χ4n) is 3.39. The molecule has 0 radical (unpaired) electrons. The molecule has 1 aromatic heterocycles. The molecule has 2 heteroatoms. The van der Waals surface area contributed by atoms with E-state index in [0.717, 1.165) is 43.8 Å². The van der Waals surface area contributed by atoms with Gasteiger partial charge in [-0.3, -0.25) is 0 Å². The van der Waals surface area contributed by atoms with Gasteiger partial charge in [0.1, 0.15) is 16.9 Å². The Kier molecular flexibility index (Phi) is 2.68. The summed E-state index contributed by atoms with van der Waals surface area (Å²) in [5.41, 5.74) is 3.59. The second kappa shape index (κ2) is 4.87. The van der Waals surface area contributed by atoms with Crippen LogP contribution in [-0.4, -0.2) is 5.11 Å². The molecule has 2 nitrogen and oxygen atoms in total. The molecule has 0 amide bonds. The van der Waals surface area contributed by atoms with Gasteiger partial charge in [0.05, 0.1) is 5.39 Å². The van der Waals surface area contributed by atoms with Gasteiger partial charge in [-0.1, -0.05) is 54.6 Å². The summed E-state index contributed by atoms with van der Waals surface area (Å²) in [6.07, 6.45) is 0. The maximum atomic E-state index is 10.4. The Bertz CT molecular complexity index is 1200. The number of benzene rings is 4. The van der Waals surface area contributed by atoms with Crippen molar-refractivity contribution in [2.75, 3.05) is 0 Å². The van der Waals surface area contributed by atoms with Gasteiger partial charge < -0.3 is 9.52 Å². The van der Waals surface area contributed by atoms with Crippen molar-refractivity contribution in [3.05, 3.63) is 78.9 Å². The van der Waals surface area contributed by atoms with E-state index >= 15 is 0 Å². The zero-order valence-corrected chi connectivity index (χ0v) is 12.9. The topological polar surface area (TPSA) is 33.4 Å². The number of fused-ring (bicyclic) bond motifs is 4. The van der Waals surface area contributed by atoms with E-state index < -0.39 is 0 Å². The summed E-state index contributed by atoms with van der Waals surface area (Å²) in [6.45, 7) is 0. The molecule has 5 rings (SSSR count). The lowest BCUT2D eigenvalue weighted by Crippen LogP contribution is -1.79. The molecule has 0 saturated carbocycles. The highest BCUT2D eigenvalue weighted by atomic mass is 16.3. The van der Waals surface area contributed by atoms with Crippen molar-refractivity contribution < 1.29 is 9.52 Å². The predicted molar refractivity (Wildman–Crippen MR) is 98.3 cm³/mol. The first kappa shape index (κ1) is 13.2. The summed E-state index contributed by atoms with van der Waals surface area (Å²) >= 11 is 0. The van der Waals surface area contributed by atoms with E-state index in [1.165, 1.54) is 0 Å². The molecule has 0 spiro atoms. The molecular formula is C22H14O2. The third-order valence-corrected chi connectivity index (χ3v) is 4.55. The molecule has 24 heavy (non-hydrogen) atoms. The maximum absolute atomic E-state index is 10.4. The Morgan fingerprint density at radius 1 is 0.708 bits per heavy atom. The van der Waals surface area contributed by atoms with Gasteiger partial charge in [0.15, 0.2) is 0 Å². The number of phenols is 1. The van der Waals surface area contributed by atoms with Gasteiger partial charge in [-0.05, 0) is 40.6 Å². The molecule has 5 aromatic rings. The Morgan fingerprint density at radius 2 is 1.42 bits per heavy atom. The summed E-state index contributed by atoms with van der Waals surface area (Å²) in [7, 11) is 0. The van der Waals surface area contributed by atoms with Gasteiger partial charge in [0.2, 0.25) is 0 Å². The third-order valence-electron chi connectivity index (χ3n) is 4.55. The van der Waals surface area contributed by atoms with Crippen LogP contribution in [0.15, 0.2) is 83.3 Å². The minimum absolute atomic E-state index is 0.249. The van der Waals surface area contributed by atoms with E-state index in [1.54, 1.807) is 6.07 Å². The van der Waals surface area contributed by atoms with Gasteiger partial charge in [-0.25, -0.2) is 0 Å². The van der Waals surface area contributed by atoms with Crippen LogP contribution in [0, 0.1) is 0 Å². The van der Waals surface area contributed by atoms with Gasteiger partial charge in [0.25, 0.3) is 0 Å². The molecule has 4 aromatic carbocycles. The van der Waals surface area contributed by atoms with Crippen LogP contribution in [0.5, 0.6) is 5.75 Å². The highest BCUT2D eigenvalue weighted by molar-refractivity contribution is 6.15. The summed E-state index contributed by atoms with van der Waals surface area (Å²) in [5.74, 6) is 0.249. The lowest BCUT2D eigenvalue weighted by Gasteiger charge is -2.03. The van der Waals surface area contributed by atoms with Crippen molar-refractivity contribution in [1.82, 2.24) is 0 Å². The SMILES string of the molecule is Oc1ccc(-c2ccccc2)c2oc3cc4ccccc4cc3c12. The van der Waals surface area contributed by atoms with Crippen LogP contribution in [0.1, 0.15) is 0 Å². The number of rotatable bonds is 1. The Labute approximate surface area is 138 Å². The Balaban J connectivity index is 1.94. The zero-order valence-electron chi connectivity index (χ0n) is 12.9. The van der Waals surface area contributed by atoms with E-state index in [9.17, 15) is 5.11 Å². The molecule has 0 aliphatic heterocycles. The standard InChI is InChI=1S/C22H14O2/c23-19-11-10-17(14-6-2-1-3-7-14)22-21(19)18-12-15-8-4-5-9-16(15)13-20(18)24-22/h1-13,23H. The molecule has 114 valence electrons. The van der Waals surface area contributed by atoms with E-state index in [1.807, 2.05) is 42.5 Å². The quantitative estimate of drug-likeness (QED) is 0.405. The van der Waals surface area contributed by atoms with Crippen molar-refractivity contribution >= 4 is 32.7 Å². The predicted octanol–water partition coefficient (Wildman–Crippen LogP) is 6.11.